The van der Waals surface area contributed by atoms with Crippen LogP contribution in [-0.2, 0) is 0 Å². The number of hydrazine groups is 1. The van der Waals surface area contributed by atoms with Crippen LogP contribution in [0, 0.1) is 9.49 Å². The first kappa shape index (κ1) is 12.8. The highest BCUT2D eigenvalue weighted by atomic mass is 127. The lowest BCUT2D eigenvalue weighted by atomic mass is 10.0. The van der Waals surface area contributed by atoms with Crippen molar-refractivity contribution in [1.29, 1.82) is 0 Å². The number of carbonyl (C=O) groups excluding carboxylic acids is 1. The molecule has 1 aliphatic heterocycles. The first-order valence-electron chi connectivity index (χ1n) is 5.69. The Labute approximate surface area is 115 Å². The van der Waals surface area contributed by atoms with Crippen LogP contribution in [0.4, 0.5) is 0 Å². The number of amides is 1. The van der Waals surface area contributed by atoms with Gasteiger partial charge in [-0.05, 0) is 41.6 Å². The minimum Gasteiger partial charge on any atom is -0.352 e. The van der Waals surface area contributed by atoms with Gasteiger partial charge in [-0.3, -0.25) is 15.6 Å². The molecule has 2 rings (SSSR count). The van der Waals surface area contributed by atoms with Crippen molar-refractivity contribution in [1.82, 2.24) is 16.2 Å². The molecule has 1 aliphatic rings. The van der Waals surface area contributed by atoms with Gasteiger partial charge in [0.25, 0.3) is 5.91 Å². The van der Waals surface area contributed by atoms with Gasteiger partial charge in [0.1, 0.15) is 0 Å². The van der Waals surface area contributed by atoms with Gasteiger partial charge in [0, 0.05) is 28.6 Å². The monoisotopic (exact) mass is 345 g/mol. The summed E-state index contributed by atoms with van der Waals surface area (Å²) in [6.07, 6.45) is 0. The zero-order valence-electron chi connectivity index (χ0n) is 9.66. The zero-order chi connectivity index (χ0) is 12.3. The van der Waals surface area contributed by atoms with Crippen LogP contribution in [0.5, 0.6) is 0 Å². The van der Waals surface area contributed by atoms with Gasteiger partial charge in [0.2, 0.25) is 0 Å². The third-order valence-corrected chi connectivity index (χ3v) is 3.99. The topological polar surface area (TPSA) is 53.2 Å². The van der Waals surface area contributed by atoms with E-state index in [-0.39, 0.29) is 5.91 Å². The van der Waals surface area contributed by atoms with Gasteiger partial charge in [-0.15, -0.1) is 0 Å². The number of hydrogen-bond donors (Lipinski definition) is 3. The van der Waals surface area contributed by atoms with Crippen LogP contribution in [0.15, 0.2) is 24.3 Å². The van der Waals surface area contributed by atoms with Crippen molar-refractivity contribution in [3.05, 3.63) is 33.4 Å². The Hall–Kier alpha value is -0.660. The van der Waals surface area contributed by atoms with E-state index in [1.54, 1.807) is 0 Å². The van der Waals surface area contributed by atoms with Crippen molar-refractivity contribution in [2.24, 2.45) is 5.92 Å². The van der Waals surface area contributed by atoms with E-state index in [0.29, 0.717) is 18.5 Å². The molecule has 2 atom stereocenters. The molecule has 1 saturated heterocycles. The number of carbonyl (C=O) groups is 1. The van der Waals surface area contributed by atoms with E-state index in [1.165, 1.54) is 0 Å². The lowest BCUT2D eigenvalue weighted by Crippen LogP contribution is -2.35. The van der Waals surface area contributed by atoms with Crippen LogP contribution < -0.4 is 16.2 Å². The Bertz CT molecular complexity index is 410. The molecule has 17 heavy (non-hydrogen) atoms. The van der Waals surface area contributed by atoms with Gasteiger partial charge in [-0.1, -0.05) is 12.1 Å². The van der Waals surface area contributed by atoms with Gasteiger partial charge in [0.15, 0.2) is 0 Å². The number of hydrogen-bond acceptors (Lipinski definition) is 3. The lowest BCUT2D eigenvalue weighted by molar-refractivity contribution is 0.0946. The summed E-state index contributed by atoms with van der Waals surface area (Å²) in [6, 6.07) is 8.01. The van der Waals surface area contributed by atoms with E-state index < -0.39 is 0 Å². The Balaban J connectivity index is 1.91. The normalized spacial score (nSPS) is 23.6. The quantitative estimate of drug-likeness (QED) is 0.720. The molecule has 0 spiro atoms. The molecule has 0 radical (unpaired) electrons. The number of halogens is 1. The summed E-state index contributed by atoms with van der Waals surface area (Å²) in [4.78, 5) is 12.0. The molecule has 0 aliphatic carbocycles. The van der Waals surface area contributed by atoms with Crippen LogP contribution in [0.25, 0.3) is 0 Å². The third-order valence-electron chi connectivity index (χ3n) is 3.04. The molecular weight excluding hydrogens is 329 g/mol. The van der Waals surface area contributed by atoms with E-state index in [2.05, 4.69) is 45.7 Å². The van der Waals surface area contributed by atoms with Crippen molar-refractivity contribution in [2.75, 3.05) is 13.1 Å². The predicted molar refractivity (Wildman–Crippen MR) is 75.6 cm³/mol. The van der Waals surface area contributed by atoms with Crippen LogP contribution >= 0.6 is 22.6 Å². The molecule has 5 heteroatoms. The Morgan fingerprint density at radius 1 is 1.53 bits per heavy atom. The molecule has 92 valence electrons. The van der Waals surface area contributed by atoms with Crippen molar-refractivity contribution in [3.63, 3.8) is 0 Å². The number of rotatable bonds is 3. The first-order chi connectivity index (χ1) is 8.18. The minimum absolute atomic E-state index is 0.00843. The van der Waals surface area contributed by atoms with Crippen LogP contribution in [0.1, 0.15) is 17.3 Å². The maximum Gasteiger partial charge on any atom is 0.252 e. The molecule has 1 aromatic carbocycles. The SMILES string of the molecule is CC1NNCC1CNC(=O)c1ccccc1I. The van der Waals surface area contributed by atoms with Crippen molar-refractivity contribution >= 4 is 28.5 Å². The van der Waals surface area contributed by atoms with E-state index in [1.807, 2.05) is 24.3 Å². The maximum atomic E-state index is 12.0. The molecule has 0 saturated carbocycles. The van der Waals surface area contributed by atoms with Gasteiger partial charge >= 0.3 is 0 Å². The summed E-state index contributed by atoms with van der Waals surface area (Å²) in [7, 11) is 0. The third kappa shape index (κ3) is 3.17. The summed E-state index contributed by atoms with van der Waals surface area (Å²) >= 11 is 2.18. The Morgan fingerprint density at radius 2 is 2.29 bits per heavy atom. The predicted octanol–water partition coefficient (Wildman–Crippen LogP) is 1.13. The number of benzene rings is 1. The second-order valence-electron chi connectivity index (χ2n) is 4.26. The lowest BCUT2D eigenvalue weighted by Gasteiger charge is -2.14. The highest BCUT2D eigenvalue weighted by Gasteiger charge is 2.23. The Morgan fingerprint density at radius 3 is 2.94 bits per heavy atom. The molecule has 3 N–H and O–H groups in total. The standard InChI is InChI=1S/C12H16IN3O/c1-8-9(7-15-16-8)6-14-12(17)10-4-2-3-5-11(10)13/h2-5,8-9,15-16H,6-7H2,1H3,(H,14,17). The molecular formula is C12H16IN3O. The highest BCUT2D eigenvalue weighted by molar-refractivity contribution is 14.1. The van der Waals surface area contributed by atoms with Crippen LogP contribution in [0.3, 0.4) is 0 Å². The Kier molecular flexibility index (Phi) is 4.36. The van der Waals surface area contributed by atoms with Gasteiger partial charge < -0.3 is 5.32 Å². The van der Waals surface area contributed by atoms with Gasteiger partial charge in [-0.2, -0.15) is 0 Å². The van der Waals surface area contributed by atoms with E-state index >= 15 is 0 Å². The van der Waals surface area contributed by atoms with E-state index in [9.17, 15) is 4.79 Å². The summed E-state index contributed by atoms with van der Waals surface area (Å²) in [6.45, 7) is 3.71. The molecule has 4 nitrogen and oxygen atoms in total. The summed E-state index contributed by atoms with van der Waals surface area (Å²) in [5.41, 5.74) is 6.99. The van der Waals surface area contributed by atoms with Crippen molar-refractivity contribution < 1.29 is 4.79 Å². The molecule has 1 heterocycles. The van der Waals surface area contributed by atoms with Gasteiger partial charge in [-0.25, -0.2) is 0 Å². The average molecular weight is 345 g/mol. The van der Waals surface area contributed by atoms with Crippen molar-refractivity contribution in [2.45, 2.75) is 13.0 Å². The van der Waals surface area contributed by atoms with E-state index in [4.69, 9.17) is 0 Å². The molecule has 1 amide bonds. The fraction of sp³-hybridized carbons (Fsp3) is 0.417. The average Bonchev–Trinajstić information content (AvgIpc) is 2.72. The summed E-state index contributed by atoms with van der Waals surface area (Å²) in [5, 5.41) is 2.99. The van der Waals surface area contributed by atoms with Crippen LogP contribution in [0.2, 0.25) is 0 Å². The first-order valence-corrected chi connectivity index (χ1v) is 6.77. The smallest absolute Gasteiger partial charge is 0.252 e. The highest BCUT2D eigenvalue weighted by Crippen LogP contribution is 2.12. The maximum absolute atomic E-state index is 12.0. The minimum atomic E-state index is 0.00843. The fourth-order valence-electron chi connectivity index (χ4n) is 1.86. The van der Waals surface area contributed by atoms with Crippen LogP contribution in [-0.4, -0.2) is 25.0 Å². The molecule has 2 unspecified atom stereocenters. The summed E-state index contributed by atoms with van der Waals surface area (Å²) in [5.74, 6) is 0.453. The molecule has 0 aromatic heterocycles. The zero-order valence-corrected chi connectivity index (χ0v) is 11.8. The second kappa shape index (κ2) is 5.79. The fourth-order valence-corrected chi connectivity index (χ4v) is 2.49. The molecule has 0 bridgehead atoms. The largest absolute Gasteiger partial charge is 0.352 e. The van der Waals surface area contributed by atoms with Crippen molar-refractivity contribution in [3.8, 4) is 0 Å². The molecule has 1 aromatic rings. The number of nitrogens with one attached hydrogen (secondary N) is 3. The summed E-state index contributed by atoms with van der Waals surface area (Å²) < 4.78 is 0.985. The van der Waals surface area contributed by atoms with Gasteiger partial charge in [0.05, 0.1) is 5.56 Å². The second-order valence-corrected chi connectivity index (χ2v) is 5.43. The molecule has 1 fully saturated rings. The van der Waals surface area contributed by atoms with E-state index in [0.717, 1.165) is 15.7 Å².